The second-order valence-corrected chi connectivity index (χ2v) is 6.05. The fourth-order valence-corrected chi connectivity index (χ4v) is 3.73. The molecule has 2 aromatic rings. The van der Waals surface area contributed by atoms with Crippen LogP contribution in [-0.2, 0) is 6.42 Å². The van der Waals surface area contributed by atoms with Crippen LogP contribution < -0.4 is 5.32 Å². The Bertz CT molecular complexity index is 473. The average Bonchev–Trinajstić information content (AvgIpc) is 2.74. The van der Waals surface area contributed by atoms with Crippen LogP contribution in [0.25, 0.3) is 10.2 Å². The van der Waals surface area contributed by atoms with Gasteiger partial charge in [0.25, 0.3) is 0 Å². The molecule has 1 heterocycles. The van der Waals surface area contributed by atoms with Gasteiger partial charge >= 0.3 is 0 Å². The van der Waals surface area contributed by atoms with E-state index in [2.05, 4.69) is 29.6 Å². The summed E-state index contributed by atoms with van der Waals surface area (Å²) in [6, 6.07) is 8.44. The summed E-state index contributed by atoms with van der Waals surface area (Å²) in [6.07, 6.45) is 3.93. The first-order valence-corrected chi connectivity index (χ1v) is 7.17. The van der Waals surface area contributed by atoms with E-state index in [9.17, 15) is 0 Å². The highest BCUT2D eigenvalue weighted by Crippen LogP contribution is 2.37. The molecule has 1 aromatic heterocycles. The molecule has 90 valence electrons. The smallest absolute Gasteiger partial charge is 0.0941 e. The minimum Gasteiger partial charge on any atom is -0.319 e. The second-order valence-electron chi connectivity index (χ2n) is 4.93. The first-order chi connectivity index (χ1) is 8.36. The topological polar surface area (TPSA) is 24.9 Å². The van der Waals surface area contributed by atoms with Crippen molar-refractivity contribution in [3.63, 3.8) is 0 Å². The predicted octanol–water partition coefficient (Wildman–Crippen LogP) is 3.08. The average molecular weight is 246 g/mol. The molecule has 2 atom stereocenters. The zero-order valence-corrected chi connectivity index (χ0v) is 11.0. The number of thiazole rings is 1. The standard InChI is InChI=1S/C14H18N2S/c1-15-9-11-7-6-10(11)8-14-16-12-4-2-3-5-13(12)17-14/h2-5,10-11,15H,6-9H2,1H3. The second kappa shape index (κ2) is 4.75. The summed E-state index contributed by atoms with van der Waals surface area (Å²) in [6.45, 7) is 1.16. The molecule has 0 spiro atoms. The molecule has 2 unspecified atom stereocenters. The van der Waals surface area contributed by atoms with Crippen molar-refractivity contribution in [3.8, 4) is 0 Å². The minimum atomic E-state index is 0.850. The Morgan fingerprint density at radius 1 is 1.29 bits per heavy atom. The molecule has 3 heteroatoms. The molecular formula is C14H18N2S. The predicted molar refractivity (Wildman–Crippen MR) is 73.5 cm³/mol. The third-order valence-electron chi connectivity index (χ3n) is 3.82. The Morgan fingerprint density at radius 3 is 2.82 bits per heavy atom. The molecule has 1 fully saturated rings. The maximum Gasteiger partial charge on any atom is 0.0941 e. The normalized spacial score (nSPS) is 23.8. The van der Waals surface area contributed by atoms with Crippen molar-refractivity contribution in [3.05, 3.63) is 29.3 Å². The lowest BCUT2D eigenvalue weighted by atomic mass is 9.72. The quantitative estimate of drug-likeness (QED) is 0.896. The molecule has 0 amide bonds. The Kier molecular flexibility index (Phi) is 3.12. The third kappa shape index (κ3) is 2.22. The lowest BCUT2D eigenvalue weighted by molar-refractivity contribution is 0.174. The third-order valence-corrected chi connectivity index (χ3v) is 4.87. The van der Waals surface area contributed by atoms with Crippen LogP contribution in [0, 0.1) is 11.8 Å². The summed E-state index contributed by atoms with van der Waals surface area (Å²) in [5.74, 6) is 1.72. The molecule has 1 aliphatic rings. The number of benzene rings is 1. The van der Waals surface area contributed by atoms with Gasteiger partial charge in [-0.2, -0.15) is 0 Å². The van der Waals surface area contributed by atoms with Crippen LogP contribution >= 0.6 is 11.3 Å². The fraction of sp³-hybridized carbons (Fsp3) is 0.500. The molecule has 0 aliphatic heterocycles. The van der Waals surface area contributed by atoms with E-state index < -0.39 is 0 Å². The summed E-state index contributed by atoms with van der Waals surface area (Å²) in [7, 11) is 2.05. The number of nitrogens with zero attached hydrogens (tertiary/aromatic N) is 1. The zero-order chi connectivity index (χ0) is 11.7. The lowest BCUT2D eigenvalue weighted by Crippen LogP contribution is -2.35. The number of nitrogens with one attached hydrogen (secondary N) is 1. The van der Waals surface area contributed by atoms with Crippen LogP contribution in [0.2, 0.25) is 0 Å². The summed E-state index contributed by atoms with van der Waals surface area (Å²) in [5, 5.41) is 4.61. The number of hydrogen-bond acceptors (Lipinski definition) is 3. The lowest BCUT2D eigenvalue weighted by Gasteiger charge is -2.36. The molecule has 1 aliphatic carbocycles. The van der Waals surface area contributed by atoms with Gasteiger partial charge in [-0.05, 0) is 50.4 Å². The van der Waals surface area contributed by atoms with Gasteiger partial charge in [0.05, 0.1) is 15.2 Å². The van der Waals surface area contributed by atoms with Gasteiger partial charge in [0.2, 0.25) is 0 Å². The first kappa shape index (κ1) is 11.2. The van der Waals surface area contributed by atoms with Crippen molar-refractivity contribution >= 4 is 21.6 Å². The van der Waals surface area contributed by atoms with Crippen LogP contribution in [-0.4, -0.2) is 18.6 Å². The van der Waals surface area contributed by atoms with Crippen molar-refractivity contribution in [2.24, 2.45) is 11.8 Å². The van der Waals surface area contributed by atoms with Crippen LogP contribution in [0.1, 0.15) is 17.8 Å². The molecule has 0 bridgehead atoms. The molecule has 3 rings (SSSR count). The largest absolute Gasteiger partial charge is 0.319 e. The van der Waals surface area contributed by atoms with E-state index in [0.717, 1.165) is 23.9 Å². The number of fused-ring (bicyclic) bond motifs is 1. The van der Waals surface area contributed by atoms with E-state index in [4.69, 9.17) is 4.98 Å². The van der Waals surface area contributed by atoms with Gasteiger partial charge in [-0.1, -0.05) is 12.1 Å². The molecule has 0 radical (unpaired) electrons. The Morgan fingerprint density at radius 2 is 2.12 bits per heavy atom. The van der Waals surface area contributed by atoms with Crippen molar-refractivity contribution in [1.82, 2.24) is 10.3 Å². The number of hydrogen-bond donors (Lipinski definition) is 1. The fourth-order valence-electron chi connectivity index (χ4n) is 2.67. The van der Waals surface area contributed by atoms with Crippen LogP contribution in [0.5, 0.6) is 0 Å². The van der Waals surface area contributed by atoms with Gasteiger partial charge in [-0.3, -0.25) is 0 Å². The van der Waals surface area contributed by atoms with Crippen molar-refractivity contribution in [1.29, 1.82) is 0 Å². The summed E-state index contributed by atoms with van der Waals surface area (Å²) >= 11 is 1.86. The SMILES string of the molecule is CNCC1CCC1Cc1nc2ccccc2s1. The summed E-state index contributed by atoms with van der Waals surface area (Å²) in [5.41, 5.74) is 1.16. The van der Waals surface area contributed by atoms with Gasteiger partial charge < -0.3 is 5.32 Å². The van der Waals surface area contributed by atoms with E-state index in [-0.39, 0.29) is 0 Å². The number of rotatable bonds is 4. The molecule has 2 nitrogen and oxygen atoms in total. The van der Waals surface area contributed by atoms with E-state index >= 15 is 0 Å². The van der Waals surface area contributed by atoms with Gasteiger partial charge in [0.15, 0.2) is 0 Å². The van der Waals surface area contributed by atoms with Crippen molar-refractivity contribution in [2.75, 3.05) is 13.6 Å². The van der Waals surface area contributed by atoms with Crippen LogP contribution in [0.3, 0.4) is 0 Å². The number of para-hydroxylation sites is 1. The molecule has 1 N–H and O–H groups in total. The monoisotopic (exact) mass is 246 g/mol. The Hall–Kier alpha value is -0.930. The van der Waals surface area contributed by atoms with Gasteiger partial charge in [-0.15, -0.1) is 11.3 Å². The van der Waals surface area contributed by atoms with Crippen molar-refractivity contribution < 1.29 is 0 Å². The van der Waals surface area contributed by atoms with Crippen molar-refractivity contribution in [2.45, 2.75) is 19.3 Å². The van der Waals surface area contributed by atoms with Gasteiger partial charge in [-0.25, -0.2) is 4.98 Å². The Balaban J connectivity index is 1.72. The summed E-state index contributed by atoms with van der Waals surface area (Å²) in [4.78, 5) is 4.73. The van der Waals surface area contributed by atoms with E-state index in [1.165, 1.54) is 29.0 Å². The Labute approximate surface area is 106 Å². The van der Waals surface area contributed by atoms with Gasteiger partial charge in [0, 0.05) is 6.42 Å². The highest BCUT2D eigenvalue weighted by atomic mass is 32.1. The maximum atomic E-state index is 4.73. The maximum absolute atomic E-state index is 4.73. The number of aromatic nitrogens is 1. The van der Waals surface area contributed by atoms with E-state index in [0.29, 0.717) is 0 Å². The molecule has 1 aromatic carbocycles. The van der Waals surface area contributed by atoms with Gasteiger partial charge in [0.1, 0.15) is 0 Å². The summed E-state index contributed by atoms with van der Waals surface area (Å²) < 4.78 is 1.33. The molecular weight excluding hydrogens is 228 g/mol. The highest BCUT2D eigenvalue weighted by molar-refractivity contribution is 7.18. The van der Waals surface area contributed by atoms with E-state index in [1.54, 1.807) is 0 Å². The molecule has 0 saturated heterocycles. The van der Waals surface area contributed by atoms with E-state index in [1.807, 2.05) is 18.4 Å². The first-order valence-electron chi connectivity index (χ1n) is 6.36. The minimum absolute atomic E-state index is 0.850. The molecule has 17 heavy (non-hydrogen) atoms. The van der Waals surface area contributed by atoms with Crippen LogP contribution in [0.4, 0.5) is 0 Å². The zero-order valence-electron chi connectivity index (χ0n) is 10.1. The molecule has 1 saturated carbocycles. The highest BCUT2D eigenvalue weighted by Gasteiger charge is 2.30. The van der Waals surface area contributed by atoms with Crippen LogP contribution in [0.15, 0.2) is 24.3 Å².